The zero-order chi connectivity index (χ0) is 10.9. The Balaban J connectivity index is 2.04. The number of aromatic nitrogens is 4. The highest BCUT2D eigenvalue weighted by Gasteiger charge is 2.02. The number of aliphatic hydroxyl groups is 1. The quantitative estimate of drug-likeness (QED) is 0.564. The molecule has 7 nitrogen and oxygen atoms in total. The molecular weight excluding hydrogens is 198 g/mol. The maximum absolute atomic E-state index is 11.3. The number of nitrogens with one attached hydrogen (secondary N) is 1. The Morgan fingerprint density at radius 3 is 2.93 bits per heavy atom. The van der Waals surface area contributed by atoms with E-state index in [4.69, 9.17) is 5.11 Å². The summed E-state index contributed by atoms with van der Waals surface area (Å²) in [7, 11) is 0. The van der Waals surface area contributed by atoms with Gasteiger partial charge in [-0.1, -0.05) is 0 Å². The number of hydrogen-bond donors (Lipinski definition) is 2. The summed E-state index contributed by atoms with van der Waals surface area (Å²) in [5.41, 5.74) is 0. The van der Waals surface area contributed by atoms with Crippen LogP contribution >= 0.6 is 0 Å². The molecule has 15 heavy (non-hydrogen) atoms. The minimum Gasteiger partial charge on any atom is -0.396 e. The molecule has 0 saturated heterocycles. The van der Waals surface area contributed by atoms with Crippen LogP contribution in [0.25, 0.3) is 0 Å². The van der Waals surface area contributed by atoms with Gasteiger partial charge >= 0.3 is 0 Å². The summed E-state index contributed by atoms with van der Waals surface area (Å²) >= 11 is 0. The molecular formula is C8H15N5O2. The zero-order valence-electron chi connectivity index (χ0n) is 8.46. The third-order valence-corrected chi connectivity index (χ3v) is 1.85. The van der Waals surface area contributed by atoms with Gasteiger partial charge in [-0.05, 0) is 29.7 Å². The normalized spacial score (nSPS) is 10.2. The van der Waals surface area contributed by atoms with E-state index in [9.17, 15) is 4.79 Å². The second-order valence-electron chi connectivity index (χ2n) is 3.14. The van der Waals surface area contributed by atoms with Gasteiger partial charge in [-0.25, -0.2) is 4.68 Å². The van der Waals surface area contributed by atoms with Gasteiger partial charge in [0.2, 0.25) is 5.91 Å². The number of tetrazole rings is 1. The fourth-order valence-electron chi connectivity index (χ4n) is 1.10. The Morgan fingerprint density at radius 1 is 1.40 bits per heavy atom. The van der Waals surface area contributed by atoms with Crippen LogP contribution in [0.1, 0.15) is 19.3 Å². The molecule has 84 valence electrons. The first-order valence-electron chi connectivity index (χ1n) is 4.91. The number of hydrogen-bond acceptors (Lipinski definition) is 5. The van der Waals surface area contributed by atoms with Crippen molar-refractivity contribution in [1.82, 2.24) is 25.5 Å². The van der Waals surface area contributed by atoms with Crippen molar-refractivity contribution in [2.45, 2.75) is 25.8 Å². The molecule has 0 radical (unpaired) electrons. The molecule has 0 aliphatic heterocycles. The summed E-state index contributed by atoms with van der Waals surface area (Å²) in [4.78, 5) is 11.3. The van der Waals surface area contributed by atoms with Crippen LogP contribution in [0.5, 0.6) is 0 Å². The van der Waals surface area contributed by atoms with Crippen molar-refractivity contribution in [3.8, 4) is 0 Å². The average Bonchev–Trinajstić information content (AvgIpc) is 2.70. The number of amides is 1. The van der Waals surface area contributed by atoms with Gasteiger partial charge in [0.25, 0.3) is 0 Å². The molecule has 1 rings (SSSR count). The van der Waals surface area contributed by atoms with Gasteiger partial charge in [-0.15, -0.1) is 5.10 Å². The van der Waals surface area contributed by atoms with E-state index < -0.39 is 0 Å². The highest BCUT2D eigenvalue weighted by Crippen LogP contribution is 1.91. The molecule has 1 heterocycles. The Bertz CT molecular complexity index is 275. The Kier molecular flexibility index (Phi) is 5.31. The molecule has 1 aromatic rings. The van der Waals surface area contributed by atoms with Crippen molar-refractivity contribution < 1.29 is 9.90 Å². The van der Waals surface area contributed by atoms with Crippen LogP contribution < -0.4 is 5.32 Å². The van der Waals surface area contributed by atoms with Crippen LogP contribution in [0.3, 0.4) is 0 Å². The van der Waals surface area contributed by atoms with E-state index in [1.807, 2.05) is 0 Å². The largest absolute Gasteiger partial charge is 0.396 e. The third kappa shape index (κ3) is 5.06. The van der Waals surface area contributed by atoms with Gasteiger partial charge in [0.05, 0.1) is 0 Å². The average molecular weight is 213 g/mol. The molecule has 1 amide bonds. The second-order valence-corrected chi connectivity index (χ2v) is 3.14. The molecule has 0 aliphatic rings. The molecule has 0 aliphatic carbocycles. The zero-order valence-corrected chi connectivity index (χ0v) is 8.46. The van der Waals surface area contributed by atoms with Crippen molar-refractivity contribution in [2.24, 2.45) is 0 Å². The molecule has 0 bridgehead atoms. The number of rotatable bonds is 7. The highest BCUT2D eigenvalue weighted by atomic mass is 16.2. The van der Waals surface area contributed by atoms with Crippen molar-refractivity contribution in [1.29, 1.82) is 0 Å². The first-order chi connectivity index (χ1) is 7.33. The first kappa shape index (κ1) is 11.6. The van der Waals surface area contributed by atoms with Crippen LogP contribution in [0.2, 0.25) is 0 Å². The van der Waals surface area contributed by atoms with Crippen molar-refractivity contribution in [3.63, 3.8) is 0 Å². The predicted octanol–water partition coefficient (Wildman–Crippen LogP) is -1.05. The van der Waals surface area contributed by atoms with Gasteiger partial charge in [-0.3, -0.25) is 4.79 Å². The number of aliphatic hydroxyl groups excluding tert-OH is 1. The number of carbonyl (C=O) groups excluding carboxylic acids is 1. The molecule has 0 saturated carbocycles. The van der Waals surface area contributed by atoms with Gasteiger partial charge < -0.3 is 10.4 Å². The van der Waals surface area contributed by atoms with E-state index in [1.54, 1.807) is 0 Å². The van der Waals surface area contributed by atoms with E-state index in [0.29, 0.717) is 6.54 Å². The van der Waals surface area contributed by atoms with E-state index in [-0.39, 0.29) is 19.1 Å². The van der Waals surface area contributed by atoms with Gasteiger partial charge in [0.1, 0.15) is 12.9 Å². The summed E-state index contributed by atoms with van der Waals surface area (Å²) in [6.07, 6.45) is 3.97. The third-order valence-electron chi connectivity index (χ3n) is 1.85. The predicted molar refractivity (Wildman–Crippen MR) is 51.8 cm³/mol. The lowest BCUT2D eigenvalue weighted by atomic mass is 10.2. The van der Waals surface area contributed by atoms with Crippen molar-refractivity contribution in [2.75, 3.05) is 13.2 Å². The molecule has 0 spiro atoms. The minimum atomic E-state index is -0.105. The molecule has 2 N–H and O–H groups in total. The van der Waals surface area contributed by atoms with Gasteiger partial charge in [0, 0.05) is 13.2 Å². The second kappa shape index (κ2) is 6.88. The highest BCUT2D eigenvalue weighted by molar-refractivity contribution is 5.75. The molecule has 0 unspecified atom stereocenters. The van der Waals surface area contributed by atoms with Crippen LogP contribution in [-0.4, -0.2) is 44.4 Å². The molecule has 7 heteroatoms. The smallest absolute Gasteiger partial charge is 0.241 e. The number of unbranched alkanes of at least 4 members (excludes halogenated alkanes) is 2. The molecule has 0 aromatic carbocycles. The van der Waals surface area contributed by atoms with Crippen LogP contribution in [0.15, 0.2) is 6.33 Å². The Hall–Kier alpha value is -1.50. The molecule has 0 fully saturated rings. The van der Waals surface area contributed by atoms with E-state index >= 15 is 0 Å². The van der Waals surface area contributed by atoms with Crippen molar-refractivity contribution >= 4 is 5.91 Å². The molecule has 0 atom stereocenters. The SMILES string of the molecule is O=C(Cn1cnnn1)NCCCCCO. The van der Waals surface area contributed by atoms with E-state index in [0.717, 1.165) is 19.3 Å². The summed E-state index contributed by atoms with van der Waals surface area (Å²) < 4.78 is 1.36. The van der Waals surface area contributed by atoms with E-state index in [1.165, 1.54) is 11.0 Å². The number of nitrogens with zero attached hydrogens (tertiary/aromatic N) is 4. The first-order valence-corrected chi connectivity index (χ1v) is 4.91. The van der Waals surface area contributed by atoms with E-state index in [2.05, 4.69) is 20.8 Å². The topological polar surface area (TPSA) is 92.9 Å². The molecule has 1 aromatic heterocycles. The monoisotopic (exact) mass is 213 g/mol. The lowest BCUT2D eigenvalue weighted by Gasteiger charge is -2.03. The Labute approximate surface area is 87.5 Å². The summed E-state index contributed by atoms with van der Waals surface area (Å²) in [5, 5.41) is 21.7. The lowest BCUT2D eigenvalue weighted by Crippen LogP contribution is -2.28. The Morgan fingerprint density at radius 2 is 2.27 bits per heavy atom. The summed E-state index contributed by atoms with van der Waals surface area (Å²) in [6, 6.07) is 0. The standard InChI is InChI=1S/C8H15N5O2/c14-5-3-1-2-4-9-8(15)6-13-7-10-11-12-13/h7,14H,1-6H2,(H,9,15). The van der Waals surface area contributed by atoms with Crippen molar-refractivity contribution in [3.05, 3.63) is 6.33 Å². The van der Waals surface area contributed by atoms with Crippen LogP contribution in [-0.2, 0) is 11.3 Å². The fourth-order valence-corrected chi connectivity index (χ4v) is 1.10. The van der Waals surface area contributed by atoms with Gasteiger partial charge in [0.15, 0.2) is 0 Å². The maximum atomic E-state index is 11.3. The minimum absolute atomic E-state index is 0.105. The summed E-state index contributed by atoms with van der Waals surface area (Å²) in [5.74, 6) is -0.105. The lowest BCUT2D eigenvalue weighted by molar-refractivity contribution is -0.121. The van der Waals surface area contributed by atoms with Crippen LogP contribution in [0, 0.1) is 0 Å². The maximum Gasteiger partial charge on any atom is 0.241 e. The fraction of sp³-hybridized carbons (Fsp3) is 0.750. The van der Waals surface area contributed by atoms with Crippen LogP contribution in [0.4, 0.5) is 0 Å². The summed E-state index contributed by atoms with van der Waals surface area (Å²) in [6.45, 7) is 0.979. The number of carbonyl (C=O) groups is 1. The van der Waals surface area contributed by atoms with Gasteiger partial charge in [-0.2, -0.15) is 0 Å².